The second-order valence-electron chi connectivity index (χ2n) is 5.25. The van der Waals surface area contributed by atoms with Gasteiger partial charge < -0.3 is 9.64 Å². The van der Waals surface area contributed by atoms with Gasteiger partial charge in [0.2, 0.25) is 0 Å². The van der Waals surface area contributed by atoms with Gasteiger partial charge in [-0.15, -0.1) is 14.8 Å². The molecule has 1 saturated heterocycles. The maximum Gasteiger partial charge on any atom is 0.200 e. The van der Waals surface area contributed by atoms with Crippen LogP contribution in [-0.4, -0.2) is 76.1 Å². The van der Waals surface area contributed by atoms with Crippen LogP contribution in [0, 0.1) is 0 Å². The Morgan fingerprint density at radius 1 is 1.33 bits per heavy atom. The van der Waals surface area contributed by atoms with Gasteiger partial charge in [-0.05, 0) is 29.0 Å². The van der Waals surface area contributed by atoms with Crippen molar-refractivity contribution in [2.75, 3.05) is 44.8 Å². The van der Waals surface area contributed by atoms with Gasteiger partial charge in [0.1, 0.15) is 0 Å². The van der Waals surface area contributed by atoms with Crippen LogP contribution in [0.1, 0.15) is 13.3 Å². The van der Waals surface area contributed by atoms with E-state index >= 15 is 0 Å². The lowest BCUT2D eigenvalue weighted by molar-refractivity contribution is 0.109. The number of nitrogens with zero attached hydrogens (tertiary/aromatic N) is 7. The largest absolute Gasteiger partial charge is 0.383 e. The second-order valence-corrected chi connectivity index (χ2v) is 5.25. The number of fused-ring (bicyclic) bond motifs is 1. The molecule has 1 aliphatic rings. The van der Waals surface area contributed by atoms with E-state index in [1.165, 1.54) is 4.63 Å². The number of methoxy groups -OCH3 is 1. The van der Waals surface area contributed by atoms with Gasteiger partial charge in [-0.25, -0.2) is 0 Å². The molecule has 0 spiro atoms. The molecule has 0 saturated carbocycles. The lowest BCUT2D eigenvalue weighted by Crippen LogP contribution is -2.54. The summed E-state index contributed by atoms with van der Waals surface area (Å²) in [7, 11) is 1.75. The Morgan fingerprint density at radius 3 is 3.05 bits per heavy atom. The van der Waals surface area contributed by atoms with Crippen molar-refractivity contribution in [2.24, 2.45) is 0 Å². The molecule has 8 nitrogen and oxygen atoms in total. The Bertz CT molecular complexity index is 587. The first-order valence-electron chi connectivity index (χ1n) is 7.35. The maximum absolute atomic E-state index is 5.20. The van der Waals surface area contributed by atoms with E-state index in [4.69, 9.17) is 4.74 Å². The first-order valence-corrected chi connectivity index (χ1v) is 7.35. The first kappa shape index (κ1) is 14.2. The van der Waals surface area contributed by atoms with Crippen LogP contribution < -0.4 is 4.90 Å². The predicted molar refractivity (Wildman–Crippen MR) is 78.3 cm³/mol. The van der Waals surface area contributed by atoms with Crippen LogP contribution in [0.4, 0.5) is 5.82 Å². The molecule has 0 amide bonds. The number of piperazine rings is 1. The quantitative estimate of drug-likeness (QED) is 0.771. The molecule has 0 aliphatic carbocycles. The number of hydrogen-bond donors (Lipinski definition) is 0. The summed E-state index contributed by atoms with van der Waals surface area (Å²) in [5.41, 5.74) is 0.671. The Labute approximate surface area is 123 Å². The van der Waals surface area contributed by atoms with Crippen molar-refractivity contribution < 1.29 is 4.74 Å². The second kappa shape index (κ2) is 6.31. The summed E-state index contributed by atoms with van der Waals surface area (Å²) in [6.07, 6.45) is 1.12. The minimum Gasteiger partial charge on any atom is -0.383 e. The van der Waals surface area contributed by atoms with Crippen molar-refractivity contribution in [1.82, 2.24) is 30.2 Å². The average molecular weight is 291 g/mol. The van der Waals surface area contributed by atoms with Gasteiger partial charge in [-0.3, -0.25) is 4.90 Å². The summed E-state index contributed by atoms with van der Waals surface area (Å²) in [6.45, 7) is 6.96. The van der Waals surface area contributed by atoms with E-state index in [9.17, 15) is 0 Å². The highest BCUT2D eigenvalue weighted by molar-refractivity contribution is 5.44. The van der Waals surface area contributed by atoms with Crippen molar-refractivity contribution in [3.05, 3.63) is 12.1 Å². The van der Waals surface area contributed by atoms with Crippen LogP contribution >= 0.6 is 0 Å². The average Bonchev–Trinajstić information content (AvgIpc) is 3.00. The highest BCUT2D eigenvalue weighted by atomic mass is 16.5. The molecule has 2 aromatic rings. The minimum atomic E-state index is 0.528. The summed E-state index contributed by atoms with van der Waals surface area (Å²) >= 11 is 0. The molecule has 1 atom stereocenters. The monoisotopic (exact) mass is 291 g/mol. The molecule has 1 aliphatic heterocycles. The molecule has 21 heavy (non-hydrogen) atoms. The van der Waals surface area contributed by atoms with Gasteiger partial charge in [0.05, 0.1) is 6.61 Å². The maximum atomic E-state index is 5.20. The number of aromatic nitrogens is 5. The topological polar surface area (TPSA) is 71.7 Å². The SMILES string of the molecule is CCC1CN(c2ccc3nnnn3n2)CCN1CCOC. The third-order valence-electron chi connectivity index (χ3n) is 4.04. The van der Waals surface area contributed by atoms with Gasteiger partial charge in [0.25, 0.3) is 0 Å². The van der Waals surface area contributed by atoms with Gasteiger partial charge in [0, 0.05) is 39.3 Å². The predicted octanol–water partition coefficient (Wildman–Crippen LogP) is 0.0663. The molecule has 114 valence electrons. The fourth-order valence-corrected chi connectivity index (χ4v) is 2.80. The van der Waals surface area contributed by atoms with E-state index in [0.717, 1.165) is 45.0 Å². The molecule has 2 aromatic heterocycles. The van der Waals surface area contributed by atoms with Crippen molar-refractivity contribution >= 4 is 11.5 Å². The van der Waals surface area contributed by atoms with E-state index < -0.39 is 0 Å². The minimum absolute atomic E-state index is 0.528. The fraction of sp³-hybridized carbons (Fsp3) is 0.692. The molecule has 1 unspecified atom stereocenters. The van der Waals surface area contributed by atoms with Crippen LogP contribution in [0.5, 0.6) is 0 Å². The standard InChI is InChI=1S/C13H21N7O/c1-3-11-10-19(7-6-18(11)8-9-21-2)13-5-4-12-14-16-17-20(12)15-13/h4-5,11H,3,6-10H2,1-2H3. The molecular weight excluding hydrogens is 270 g/mol. The van der Waals surface area contributed by atoms with Gasteiger partial charge in [-0.1, -0.05) is 6.92 Å². The molecule has 0 aromatic carbocycles. The third kappa shape index (κ3) is 2.96. The first-order chi connectivity index (χ1) is 10.3. The van der Waals surface area contributed by atoms with Crippen molar-refractivity contribution in [2.45, 2.75) is 19.4 Å². The number of tetrazole rings is 1. The van der Waals surface area contributed by atoms with Gasteiger partial charge in [-0.2, -0.15) is 0 Å². The summed E-state index contributed by atoms with van der Waals surface area (Å²) in [5.74, 6) is 0.930. The van der Waals surface area contributed by atoms with Crippen LogP contribution in [-0.2, 0) is 4.74 Å². The van der Waals surface area contributed by atoms with Crippen LogP contribution in [0.2, 0.25) is 0 Å². The van der Waals surface area contributed by atoms with Crippen LogP contribution in [0.15, 0.2) is 12.1 Å². The highest BCUT2D eigenvalue weighted by Crippen LogP contribution is 2.18. The number of hydrogen-bond acceptors (Lipinski definition) is 7. The van der Waals surface area contributed by atoms with Gasteiger partial charge in [0.15, 0.2) is 11.5 Å². The summed E-state index contributed by atoms with van der Waals surface area (Å²) in [6, 6.07) is 4.42. The summed E-state index contributed by atoms with van der Waals surface area (Å²) in [4.78, 5) is 4.80. The smallest absolute Gasteiger partial charge is 0.200 e. The fourth-order valence-electron chi connectivity index (χ4n) is 2.80. The normalized spacial score (nSPS) is 20.3. The molecular formula is C13H21N7O. The number of ether oxygens (including phenoxy) is 1. The van der Waals surface area contributed by atoms with E-state index in [-0.39, 0.29) is 0 Å². The van der Waals surface area contributed by atoms with Gasteiger partial charge >= 0.3 is 0 Å². The van der Waals surface area contributed by atoms with Crippen molar-refractivity contribution in [3.8, 4) is 0 Å². The zero-order chi connectivity index (χ0) is 14.7. The molecule has 3 heterocycles. The highest BCUT2D eigenvalue weighted by Gasteiger charge is 2.26. The van der Waals surface area contributed by atoms with E-state index in [0.29, 0.717) is 11.7 Å². The lowest BCUT2D eigenvalue weighted by Gasteiger charge is -2.41. The third-order valence-corrected chi connectivity index (χ3v) is 4.04. The Balaban J connectivity index is 1.72. The molecule has 0 bridgehead atoms. The molecule has 8 heteroatoms. The molecule has 0 N–H and O–H groups in total. The molecule has 3 rings (SSSR count). The van der Waals surface area contributed by atoms with Crippen molar-refractivity contribution in [1.29, 1.82) is 0 Å². The zero-order valence-corrected chi connectivity index (χ0v) is 12.5. The summed E-state index contributed by atoms with van der Waals surface area (Å²) in [5, 5.41) is 15.8. The van der Waals surface area contributed by atoms with E-state index in [2.05, 4.69) is 37.3 Å². The van der Waals surface area contributed by atoms with Crippen LogP contribution in [0.3, 0.4) is 0 Å². The summed E-state index contributed by atoms with van der Waals surface area (Å²) < 4.78 is 6.67. The molecule has 1 fully saturated rings. The van der Waals surface area contributed by atoms with Crippen LogP contribution in [0.25, 0.3) is 5.65 Å². The lowest BCUT2D eigenvalue weighted by atomic mass is 10.1. The Hall–Kier alpha value is -1.80. The number of anilines is 1. The zero-order valence-electron chi connectivity index (χ0n) is 12.5. The van der Waals surface area contributed by atoms with E-state index in [1.54, 1.807) is 7.11 Å². The Kier molecular flexibility index (Phi) is 4.26. The van der Waals surface area contributed by atoms with Crippen molar-refractivity contribution in [3.63, 3.8) is 0 Å². The van der Waals surface area contributed by atoms with E-state index in [1.807, 2.05) is 12.1 Å². The number of rotatable bonds is 5. The Morgan fingerprint density at radius 2 is 2.24 bits per heavy atom. The molecule has 0 radical (unpaired) electrons.